The van der Waals surface area contributed by atoms with Crippen molar-refractivity contribution in [2.24, 2.45) is 5.92 Å². The first-order valence-corrected chi connectivity index (χ1v) is 14.4. The first-order chi connectivity index (χ1) is 16.6. The number of hydrogen-bond donors (Lipinski definition) is 0. The summed E-state index contributed by atoms with van der Waals surface area (Å²) in [7, 11) is -4.19. The molecule has 0 aliphatic heterocycles. The maximum absolute atomic E-state index is 13.2. The second-order valence-electron chi connectivity index (χ2n) is 8.93. The van der Waals surface area contributed by atoms with E-state index in [9.17, 15) is 13.2 Å². The summed E-state index contributed by atoms with van der Waals surface area (Å²) in [6, 6.07) is 9.63. The lowest BCUT2D eigenvalue weighted by atomic mass is 9.84. The Morgan fingerprint density at radius 3 is 2.29 bits per heavy atom. The predicted octanol–water partition coefficient (Wildman–Crippen LogP) is 6.53. The molecule has 0 spiro atoms. The molecule has 1 saturated carbocycles. The number of anilines is 1. The molecule has 6 nitrogen and oxygen atoms in total. The van der Waals surface area contributed by atoms with Crippen LogP contribution in [0.15, 0.2) is 41.3 Å². The van der Waals surface area contributed by atoms with Gasteiger partial charge in [0, 0.05) is 48.9 Å². The van der Waals surface area contributed by atoms with Crippen LogP contribution in [0.3, 0.4) is 0 Å². The first kappa shape index (κ1) is 27.6. The molecule has 192 valence electrons. The summed E-state index contributed by atoms with van der Waals surface area (Å²) in [5.41, 5.74) is 1.48. The minimum Gasteiger partial charge on any atom is -0.379 e. The fourth-order valence-electron chi connectivity index (χ4n) is 4.08. The van der Waals surface area contributed by atoms with Crippen LogP contribution in [0.4, 0.5) is 5.69 Å². The Hall–Kier alpha value is -1.96. The molecule has 2 aromatic rings. The van der Waals surface area contributed by atoms with Gasteiger partial charge in [-0.2, -0.15) is 8.42 Å². The molecular weight excluding hydrogens is 507 g/mol. The highest BCUT2D eigenvalue weighted by Gasteiger charge is 2.32. The van der Waals surface area contributed by atoms with Crippen molar-refractivity contribution in [3.63, 3.8) is 0 Å². The van der Waals surface area contributed by atoms with Crippen LogP contribution >= 0.6 is 23.2 Å². The fraction of sp³-hybridized carbons (Fsp3) is 0.500. The number of carbonyl (C=O) groups excluding carboxylic acids is 1. The van der Waals surface area contributed by atoms with Crippen LogP contribution in [0.1, 0.15) is 58.9 Å². The molecule has 3 rings (SSSR count). The Balaban J connectivity index is 2.01. The lowest BCUT2D eigenvalue weighted by Crippen LogP contribution is -2.43. The summed E-state index contributed by atoms with van der Waals surface area (Å²) in [5, 5.41) is 0.385. The summed E-state index contributed by atoms with van der Waals surface area (Å²) in [6.45, 7) is 9.92. The third-order valence-corrected chi connectivity index (χ3v) is 8.73. The topological polar surface area (TPSA) is 66.9 Å². The van der Waals surface area contributed by atoms with Gasteiger partial charge in [0.25, 0.3) is 0 Å². The third kappa shape index (κ3) is 6.43. The Labute approximate surface area is 219 Å². The quantitative estimate of drug-likeness (QED) is 0.303. The van der Waals surface area contributed by atoms with Crippen molar-refractivity contribution in [2.45, 2.75) is 70.9 Å². The number of rotatable bonds is 11. The molecule has 1 aliphatic rings. The number of hydrogen-bond acceptors (Lipinski definition) is 5. The molecular formula is C26H34Cl2N2O4S. The summed E-state index contributed by atoms with van der Waals surface area (Å²) in [5.74, 6) is 0.371. The summed E-state index contributed by atoms with van der Waals surface area (Å²) in [6.07, 6.45) is 3.68. The molecule has 9 heteroatoms. The van der Waals surface area contributed by atoms with E-state index in [0.717, 1.165) is 44.5 Å². The molecule has 0 aromatic heterocycles. The summed E-state index contributed by atoms with van der Waals surface area (Å²) in [4.78, 5) is 17.1. The molecule has 35 heavy (non-hydrogen) atoms. The second-order valence-corrected chi connectivity index (χ2v) is 11.3. The van der Waals surface area contributed by atoms with E-state index in [1.165, 1.54) is 18.2 Å². The minimum absolute atomic E-state index is 0.0186. The van der Waals surface area contributed by atoms with Gasteiger partial charge in [-0.15, -0.1) is 0 Å². The maximum Gasteiger partial charge on any atom is 0.339 e. The van der Waals surface area contributed by atoms with Crippen LogP contribution in [0.25, 0.3) is 0 Å². The van der Waals surface area contributed by atoms with Crippen LogP contribution in [0.2, 0.25) is 10.0 Å². The van der Waals surface area contributed by atoms with Crippen LogP contribution in [0, 0.1) is 5.92 Å². The molecule has 0 saturated heterocycles. The number of carbonyl (C=O) groups is 1. The van der Waals surface area contributed by atoms with Gasteiger partial charge in [0.15, 0.2) is 0 Å². The Morgan fingerprint density at radius 2 is 1.74 bits per heavy atom. The average Bonchev–Trinajstić information content (AvgIpc) is 2.79. The zero-order valence-electron chi connectivity index (χ0n) is 20.8. The number of amides is 1. The minimum atomic E-state index is -4.19. The molecule has 1 atom stereocenters. The van der Waals surface area contributed by atoms with Gasteiger partial charge in [0.1, 0.15) is 10.6 Å². The monoisotopic (exact) mass is 540 g/mol. The van der Waals surface area contributed by atoms with Crippen molar-refractivity contribution >= 4 is 44.9 Å². The third-order valence-electron chi connectivity index (χ3n) is 6.76. The second kappa shape index (κ2) is 11.8. The van der Waals surface area contributed by atoms with E-state index in [4.69, 9.17) is 27.4 Å². The van der Waals surface area contributed by atoms with Gasteiger partial charge in [-0.3, -0.25) is 4.79 Å². The lowest BCUT2D eigenvalue weighted by Gasteiger charge is -2.35. The van der Waals surface area contributed by atoms with Crippen molar-refractivity contribution in [2.75, 3.05) is 18.0 Å². The molecule has 1 fully saturated rings. The Bertz CT molecular complexity index is 1150. The molecule has 0 heterocycles. The largest absolute Gasteiger partial charge is 0.379 e. The maximum atomic E-state index is 13.2. The summed E-state index contributed by atoms with van der Waals surface area (Å²) >= 11 is 12.0. The van der Waals surface area contributed by atoms with Crippen LogP contribution in [-0.2, 0) is 21.5 Å². The van der Waals surface area contributed by atoms with Crippen LogP contribution in [-0.4, -0.2) is 38.4 Å². The normalized spacial score (nSPS) is 14.8. The molecule has 0 radical (unpaired) electrons. The zero-order chi connectivity index (χ0) is 25.8. The molecule has 1 amide bonds. The molecule has 2 aromatic carbocycles. The SMILES string of the molecule is CC[C@@H](C)N(Cc1ccc(N(CC)CC)cc1OS(=O)(=O)c1ccc(Cl)c(Cl)c1)C(=O)C1CCC1. The van der Waals surface area contributed by atoms with Gasteiger partial charge in [0.2, 0.25) is 5.91 Å². The first-order valence-electron chi connectivity index (χ1n) is 12.2. The Kier molecular flexibility index (Phi) is 9.35. The van der Waals surface area contributed by atoms with E-state index in [2.05, 4.69) is 4.90 Å². The summed E-state index contributed by atoms with van der Waals surface area (Å²) < 4.78 is 32.1. The van der Waals surface area contributed by atoms with Gasteiger partial charge in [-0.05, 0) is 64.3 Å². The van der Waals surface area contributed by atoms with Crippen molar-refractivity contribution in [1.82, 2.24) is 4.90 Å². The number of halogens is 2. The van der Waals surface area contributed by atoms with Gasteiger partial charge in [-0.1, -0.05) is 42.6 Å². The van der Waals surface area contributed by atoms with Gasteiger partial charge >= 0.3 is 10.1 Å². The van der Waals surface area contributed by atoms with Gasteiger partial charge in [0.05, 0.1) is 10.0 Å². The molecule has 0 N–H and O–H groups in total. The lowest BCUT2D eigenvalue weighted by molar-refractivity contribution is -0.141. The highest BCUT2D eigenvalue weighted by molar-refractivity contribution is 7.87. The highest BCUT2D eigenvalue weighted by atomic mass is 35.5. The Morgan fingerprint density at radius 1 is 1.06 bits per heavy atom. The predicted molar refractivity (Wildman–Crippen MR) is 142 cm³/mol. The number of nitrogens with zero attached hydrogens (tertiary/aromatic N) is 2. The fourth-order valence-corrected chi connectivity index (χ4v) is 5.43. The standard InChI is InChI=1S/C26H34Cl2N2O4S/c1-5-18(4)30(26(31)19-9-8-10-19)17-20-11-12-21(29(6-2)7-3)15-25(20)34-35(32,33)22-13-14-23(27)24(28)16-22/h11-16,18-19H,5-10,17H2,1-4H3/t18-/m1/s1. The van der Waals surface area contributed by atoms with Gasteiger partial charge in [-0.25, -0.2) is 0 Å². The van der Waals surface area contributed by atoms with Crippen molar-refractivity contribution < 1.29 is 17.4 Å². The average molecular weight is 542 g/mol. The van der Waals surface area contributed by atoms with E-state index in [1.54, 1.807) is 6.07 Å². The van der Waals surface area contributed by atoms with Crippen molar-refractivity contribution in [1.29, 1.82) is 0 Å². The van der Waals surface area contributed by atoms with Gasteiger partial charge < -0.3 is 14.0 Å². The van der Waals surface area contributed by atoms with E-state index in [1.807, 2.05) is 44.7 Å². The van der Waals surface area contributed by atoms with E-state index in [0.29, 0.717) is 5.56 Å². The zero-order valence-corrected chi connectivity index (χ0v) is 23.1. The van der Waals surface area contributed by atoms with Crippen LogP contribution in [0.5, 0.6) is 5.75 Å². The molecule has 0 unspecified atom stereocenters. The van der Waals surface area contributed by atoms with Crippen molar-refractivity contribution in [3.8, 4) is 5.75 Å². The molecule has 0 bridgehead atoms. The van der Waals surface area contributed by atoms with E-state index < -0.39 is 10.1 Å². The van der Waals surface area contributed by atoms with E-state index >= 15 is 0 Å². The van der Waals surface area contributed by atoms with E-state index in [-0.39, 0.29) is 45.1 Å². The highest BCUT2D eigenvalue weighted by Crippen LogP contribution is 2.34. The molecule has 1 aliphatic carbocycles. The smallest absolute Gasteiger partial charge is 0.339 e. The van der Waals surface area contributed by atoms with Crippen molar-refractivity contribution in [3.05, 3.63) is 52.0 Å². The number of benzene rings is 2. The van der Waals surface area contributed by atoms with Crippen LogP contribution < -0.4 is 9.08 Å².